The van der Waals surface area contributed by atoms with Gasteiger partial charge in [0.15, 0.2) is 0 Å². The summed E-state index contributed by atoms with van der Waals surface area (Å²) >= 11 is 0. The van der Waals surface area contributed by atoms with Crippen LogP contribution in [0.5, 0.6) is 0 Å². The van der Waals surface area contributed by atoms with Gasteiger partial charge in [0.2, 0.25) is 0 Å². The molecule has 3 aromatic rings. The molecule has 0 amide bonds. The fraction of sp³-hybridized carbons (Fsp3) is 0.0625. The fourth-order valence-corrected chi connectivity index (χ4v) is 2.15. The van der Waals surface area contributed by atoms with E-state index < -0.39 is 0 Å². The number of aromatic amines is 1. The Morgan fingerprint density at radius 3 is 1.89 bits per heavy atom. The van der Waals surface area contributed by atoms with Crippen molar-refractivity contribution in [2.24, 2.45) is 0 Å². The summed E-state index contributed by atoms with van der Waals surface area (Å²) < 4.78 is 0. The average Bonchev–Trinajstić information content (AvgIpc) is 3.00. The molecule has 3 heteroatoms. The molecule has 0 bridgehead atoms. The number of rotatable bonds is 4. The highest BCUT2D eigenvalue weighted by Crippen LogP contribution is 2.25. The van der Waals surface area contributed by atoms with Gasteiger partial charge in [-0.25, -0.2) is 0 Å². The van der Waals surface area contributed by atoms with Crippen LogP contribution in [-0.4, -0.2) is 10.2 Å². The van der Waals surface area contributed by atoms with Crippen molar-refractivity contribution in [1.29, 1.82) is 0 Å². The van der Waals surface area contributed by atoms with Crippen LogP contribution in [0.3, 0.4) is 0 Å². The molecule has 19 heavy (non-hydrogen) atoms. The van der Waals surface area contributed by atoms with E-state index in [1.807, 2.05) is 18.3 Å². The molecule has 0 spiro atoms. The summed E-state index contributed by atoms with van der Waals surface area (Å²) in [6.07, 6.45) is 3.65. The molecule has 0 aliphatic rings. The minimum absolute atomic E-state index is 0.125. The third-order valence-electron chi connectivity index (χ3n) is 3.08. The highest BCUT2D eigenvalue weighted by Gasteiger charge is 2.13. The third-order valence-corrected chi connectivity index (χ3v) is 3.08. The van der Waals surface area contributed by atoms with Gasteiger partial charge in [0.25, 0.3) is 0 Å². The van der Waals surface area contributed by atoms with Crippen LogP contribution in [0.1, 0.15) is 17.2 Å². The van der Waals surface area contributed by atoms with E-state index in [0.29, 0.717) is 0 Å². The van der Waals surface area contributed by atoms with E-state index in [0.717, 1.165) is 5.69 Å². The standard InChI is InChI=1S/C16H15N3/c1-3-7-13(8-4-1)16(14-9-5-2-6-10-14)19-15-11-17-18-12-15/h1-12,16,19H,(H,17,18). The van der Waals surface area contributed by atoms with E-state index in [4.69, 9.17) is 0 Å². The van der Waals surface area contributed by atoms with Gasteiger partial charge in [0, 0.05) is 6.20 Å². The molecule has 0 fully saturated rings. The molecule has 0 aliphatic heterocycles. The van der Waals surface area contributed by atoms with Gasteiger partial charge in [-0.1, -0.05) is 60.7 Å². The van der Waals surface area contributed by atoms with Crippen molar-refractivity contribution < 1.29 is 0 Å². The Hall–Kier alpha value is -2.55. The number of hydrogen-bond acceptors (Lipinski definition) is 2. The summed E-state index contributed by atoms with van der Waals surface area (Å²) in [5.74, 6) is 0. The topological polar surface area (TPSA) is 40.7 Å². The van der Waals surface area contributed by atoms with Crippen molar-refractivity contribution in [3.05, 3.63) is 84.2 Å². The third kappa shape index (κ3) is 2.65. The Bertz CT molecular complexity index is 564. The molecule has 1 heterocycles. The minimum atomic E-state index is 0.125. The SMILES string of the molecule is c1ccc(C(Nc2cn[nH]c2)c2ccccc2)cc1. The lowest BCUT2D eigenvalue weighted by Crippen LogP contribution is -2.11. The van der Waals surface area contributed by atoms with Crippen LogP contribution >= 0.6 is 0 Å². The predicted octanol–water partition coefficient (Wildman–Crippen LogP) is 3.61. The van der Waals surface area contributed by atoms with Gasteiger partial charge in [-0.2, -0.15) is 5.10 Å². The summed E-state index contributed by atoms with van der Waals surface area (Å²) in [7, 11) is 0. The van der Waals surface area contributed by atoms with Crippen LogP contribution in [0.2, 0.25) is 0 Å². The molecule has 94 valence electrons. The second-order valence-corrected chi connectivity index (χ2v) is 4.39. The Kier molecular flexibility index (Phi) is 3.28. The van der Waals surface area contributed by atoms with Crippen LogP contribution in [0.25, 0.3) is 0 Å². The quantitative estimate of drug-likeness (QED) is 0.741. The summed E-state index contributed by atoms with van der Waals surface area (Å²) in [5, 5.41) is 10.3. The van der Waals surface area contributed by atoms with Gasteiger partial charge < -0.3 is 5.32 Å². The zero-order valence-electron chi connectivity index (χ0n) is 10.5. The Labute approximate surface area is 112 Å². The molecular formula is C16H15N3. The molecule has 1 aromatic heterocycles. The number of H-pyrrole nitrogens is 1. The predicted molar refractivity (Wildman–Crippen MR) is 76.9 cm³/mol. The summed E-state index contributed by atoms with van der Waals surface area (Å²) in [4.78, 5) is 0. The molecule has 0 radical (unpaired) electrons. The molecule has 0 saturated heterocycles. The first-order valence-corrected chi connectivity index (χ1v) is 6.29. The van der Waals surface area contributed by atoms with Gasteiger partial charge in [0.1, 0.15) is 0 Å². The van der Waals surface area contributed by atoms with Gasteiger partial charge in [-0.05, 0) is 11.1 Å². The zero-order chi connectivity index (χ0) is 12.9. The first-order valence-electron chi connectivity index (χ1n) is 6.29. The van der Waals surface area contributed by atoms with E-state index in [-0.39, 0.29) is 6.04 Å². The van der Waals surface area contributed by atoms with Crippen LogP contribution in [-0.2, 0) is 0 Å². The number of nitrogens with zero attached hydrogens (tertiary/aromatic N) is 1. The molecule has 0 saturated carbocycles. The first kappa shape index (κ1) is 11.5. The van der Waals surface area contributed by atoms with Gasteiger partial charge >= 0.3 is 0 Å². The van der Waals surface area contributed by atoms with Crippen molar-refractivity contribution in [1.82, 2.24) is 10.2 Å². The van der Waals surface area contributed by atoms with Gasteiger partial charge in [0.05, 0.1) is 17.9 Å². The van der Waals surface area contributed by atoms with Gasteiger partial charge in [-0.3, -0.25) is 5.10 Å². The normalized spacial score (nSPS) is 10.6. The number of anilines is 1. The van der Waals surface area contributed by atoms with Crippen molar-refractivity contribution in [3.8, 4) is 0 Å². The molecule has 0 aliphatic carbocycles. The van der Waals surface area contributed by atoms with E-state index in [2.05, 4.69) is 64.0 Å². The second kappa shape index (κ2) is 5.40. The molecule has 3 nitrogen and oxygen atoms in total. The fourth-order valence-electron chi connectivity index (χ4n) is 2.15. The lowest BCUT2D eigenvalue weighted by molar-refractivity contribution is 0.940. The lowest BCUT2D eigenvalue weighted by Gasteiger charge is -2.19. The average molecular weight is 249 g/mol. The molecular weight excluding hydrogens is 234 g/mol. The summed E-state index contributed by atoms with van der Waals surface area (Å²) in [5.41, 5.74) is 3.45. The zero-order valence-corrected chi connectivity index (χ0v) is 10.5. The summed E-state index contributed by atoms with van der Waals surface area (Å²) in [6, 6.07) is 20.9. The maximum atomic E-state index is 3.98. The molecule has 2 aromatic carbocycles. The van der Waals surface area contributed by atoms with Crippen molar-refractivity contribution in [3.63, 3.8) is 0 Å². The smallest absolute Gasteiger partial charge is 0.0768 e. The van der Waals surface area contributed by atoms with E-state index in [1.165, 1.54) is 11.1 Å². The van der Waals surface area contributed by atoms with E-state index >= 15 is 0 Å². The van der Waals surface area contributed by atoms with E-state index in [9.17, 15) is 0 Å². The number of aromatic nitrogens is 2. The number of benzene rings is 2. The Morgan fingerprint density at radius 1 is 0.842 bits per heavy atom. The number of hydrogen-bond donors (Lipinski definition) is 2. The largest absolute Gasteiger partial charge is 0.372 e. The molecule has 3 rings (SSSR count). The highest BCUT2D eigenvalue weighted by molar-refractivity contribution is 5.46. The first-order chi connectivity index (χ1) is 9.43. The molecule has 2 N–H and O–H groups in total. The van der Waals surface area contributed by atoms with Gasteiger partial charge in [-0.15, -0.1) is 0 Å². The maximum Gasteiger partial charge on any atom is 0.0768 e. The van der Waals surface area contributed by atoms with Crippen LogP contribution < -0.4 is 5.32 Å². The molecule has 0 unspecified atom stereocenters. The Morgan fingerprint density at radius 2 is 1.42 bits per heavy atom. The lowest BCUT2D eigenvalue weighted by atomic mass is 9.98. The van der Waals surface area contributed by atoms with Crippen LogP contribution in [0, 0.1) is 0 Å². The Balaban J connectivity index is 1.96. The van der Waals surface area contributed by atoms with Crippen LogP contribution in [0.15, 0.2) is 73.1 Å². The number of nitrogens with one attached hydrogen (secondary N) is 2. The maximum absolute atomic E-state index is 3.98. The monoisotopic (exact) mass is 249 g/mol. The van der Waals surface area contributed by atoms with E-state index in [1.54, 1.807) is 6.20 Å². The van der Waals surface area contributed by atoms with Crippen LogP contribution in [0.4, 0.5) is 5.69 Å². The van der Waals surface area contributed by atoms with Crippen molar-refractivity contribution in [2.45, 2.75) is 6.04 Å². The highest BCUT2D eigenvalue weighted by atomic mass is 15.1. The summed E-state index contributed by atoms with van der Waals surface area (Å²) in [6.45, 7) is 0. The van der Waals surface area contributed by atoms with Crippen molar-refractivity contribution >= 4 is 5.69 Å². The van der Waals surface area contributed by atoms with Crippen molar-refractivity contribution in [2.75, 3.05) is 5.32 Å². The molecule has 0 atom stereocenters. The minimum Gasteiger partial charge on any atom is -0.372 e. The second-order valence-electron chi connectivity index (χ2n) is 4.39.